The van der Waals surface area contributed by atoms with Crippen molar-refractivity contribution in [2.75, 3.05) is 19.4 Å². The van der Waals surface area contributed by atoms with Crippen molar-refractivity contribution >= 4 is 11.8 Å². The van der Waals surface area contributed by atoms with Gasteiger partial charge in [-0.05, 0) is 36.9 Å². The molecule has 0 aliphatic carbocycles. The highest BCUT2D eigenvalue weighted by atomic mass is 32.2. The van der Waals surface area contributed by atoms with Crippen molar-refractivity contribution in [2.45, 2.75) is 17.4 Å². The Balaban J connectivity index is 2.61. The average molecular weight is 236 g/mol. The van der Waals surface area contributed by atoms with E-state index in [0.29, 0.717) is 13.0 Å². The summed E-state index contributed by atoms with van der Waals surface area (Å²) < 4.78 is 0. The van der Waals surface area contributed by atoms with Crippen LogP contribution in [0.5, 0.6) is 0 Å². The largest absolute Gasteiger partial charge is 0.396 e. The van der Waals surface area contributed by atoms with Crippen LogP contribution in [0, 0.1) is 11.3 Å². The Bertz CT molecular complexity index is 345. The second-order valence-corrected chi connectivity index (χ2v) is 4.25. The Morgan fingerprint density at radius 2 is 2.12 bits per heavy atom. The lowest BCUT2D eigenvalue weighted by atomic mass is 10.1. The fourth-order valence-corrected chi connectivity index (χ4v) is 1.77. The summed E-state index contributed by atoms with van der Waals surface area (Å²) in [5.41, 5.74) is 0.971. The SMILES string of the molecule is CSc1ccc(C(C#N)NCCCO)cc1. The monoisotopic (exact) mass is 236 g/mol. The zero-order valence-electron chi connectivity index (χ0n) is 9.31. The lowest BCUT2D eigenvalue weighted by molar-refractivity contribution is 0.285. The van der Waals surface area contributed by atoms with Gasteiger partial charge in [-0.25, -0.2) is 0 Å². The number of thioether (sulfide) groups is 1. The van der Waals surface area contributed by atoms with Gasteiger partial charge in [0, 0.05) is 11.5 Å². The molecule has 1 aromatic rings. The minimum absolute atomic E-state index is 0.149. The van der Waals surface area contributed by atoms with E-state index >= 15 is 0 Å². The minimum Gasteiger partial charge on any atom is -0.396 e. The van der Waals surface area contributed by atoms with E-state index in [1.807, 2.05) is 30.5 Å². The second kappa shape index (κ2) is 7.29. The van der Waals surface area contributed by atoms with Crippen molar-refractivity contribution in [2.24, 2.45) is 0 Å². The van der Waals surface area contributed by atoms with Crippen LogP contribution in [0.3, 0.4) is 0 Å². The number of nitrogens with one attached hydrogen (secondary N) is 1. The molecular weight excluding hydrogens is 220 g/mol. The van der Waals surface area contributed by atoms with Gasteiger partial charge in [-0.15, -0.1) is 11.8 Å². The number of aliphatic hydroxyl groups is 1. The minimum atomic E-state index is -0.289. The molecule has 4 heteroatoms. The van der Waals surface area contributed by atoms with Crippen LogP contribution >= 0.6 is 11.8 Å². The fraction of sp³-hybridized carbons (Fsp3) is 0.417. The maximum Gasteiger partial charge on any atom is 0.121 e. The fourth-order valence-electron chi connectivity index (χ4n) is 1.36. The van der Waals surface area contributed by atoms with Crippen LogP contribution in [0.15, 0.2) is 29.2 Å². The van der Waals surface area contributed by atoms with Crippen molar-refractivity contribution in [3.05, 3.63) is 29.8 Å². The molecule has 0 saturated carbocycles. The summed E-state index contributed by atoms with van der Waals surface area (Å²) in [5, 5.41) is 20.8. The zero-order chi connectivity index (χ0) is 11.8. The van der Waals surface area contributed by atoms with Crippen LogP contribution in [0.4, 0.5) is 0 Å². The van der Waals surface area contributed by atoms with E-state index in [0.717, 1.165) is 5.56 Å². The van der Waals surface area contributed by atoms with Crippen LogP contribution < -0.4 is 5.32 Å². The van der Waals surface area contributed by atoms with Crippen molar-refractivity contribution in [3.63, 3.8) is 0 Å². The van der Waals surface area contributed by atoms with Crippen LogP contribution in [-0.2, 0) is 0 Å². The van der Waals surface area contributed by atoms with Gasteiger partial charge in [-0.1, -0.05) is 12.1 Å². The van der Waals surface area contributed by atoms with E-state index in [4.69, 9.17) is 10.4 Å². The standard InChI is InChI=1S/C12H16N2OS/c1-16-11-5-3-10(4-6-11)12(9-13)14-7-2-8-15/h3-6,12,14-15H,2,7-8H2,1H3. The molecule has 1 unspecified atom stereocenters. The Morgan fingerprint density at radius 3 is 2.62 bits per heavy atom. The smallest absolute Gasteiger partial charge is 0.121 e. The highest BCUT2D eigenvalue weighted by molar-refractivity contribution is 7.98. The lowest BCUT2D eigenvalue weighted by Gasteiger charge is -2.11. The molecule has 3 nitrogen and oxygen atoms in total. The van der Waals surface area contributed by atoms with Crippen LogP contribution in [0.2, 0.25) is 0 Å². The zero-order valence-corrected chi connectivity index (χ0v) is 10.1. The first kappa shape index (κ1) is 13.0. The van der Waals surface area contributed by atoms with Gasteiger partial charge in [0.25, 0.3) is 0 Å². The summed E-state index contributed by atoms with van der Waals surface area (Å²) in [6, 6.07) is 9.88. The molecule has 0 spiro atoms. The molecule has 0 aromatic heterocycles. The number of aliphatic hydroxyl groups excluding tert-OH is 1. The molecular formula is C12H16N2OS. The number of benzene rings is 1. The molecule has 1 atom stereocenters. The molecule has 0 aliphatic rings. The summed E-state index contributed by atoms with van der Waals surface area (Å²) in [6.07, 6.45) is 2.69. The Morgan fingerprint density at radius 1 is 1.44 bits per heavy atom. The third-order valence-corrected chi connectivity index (χ3v) is 3.01. The molecule has 0 amide bonds. The third-order valence-electron chi connectivity index (χ3n) is 2.26. The summed E-state index contributed by atoms with van der Waals surface area (Å²) >= 11 is 1.68. The predicted molar refractivity (Wildman–Crippen MR) is 66.3 cm³/mol. The van der Waals surface area contributed by atoms with Crippen molar-refractivity contribution in [3.8, 4) is 6.07 Å². The molecule has 1 aromatic carbocycles. The quantitative estimate of drug-likeness (QED) is 0.585. The number of hydrogen-bond donors (Lipinski definition) is 2. The van der Waals surface area contributed by atoms with Gasteiger partial charge < -0.3 is 5.11 Å². The molecule has 2 N–H and O–H groups in total. The van der Waals surface area contributed by atoms with E-state index in [9.17, 15) is 0 Å². The maximum absolute atomic E-state index is 9.03. The third kappa shape index (κ3) is 3.86. The van der Waals surface area contributed by atoms with Crippen molar-refractivity contribution < 1.29 is 5.11 Å². The summed E-state index contributed by atoms with van der Waals surface area (Å²) in [7, 11) is 0. The second-order valence-electron chi connectivity index (χ2n) is 3.37. The van der Waals surface area contributed by atoms with Gasteiger partial charge in [0.05, 0.1) is 6.07 Å². The molecule has 0 aliphatic heterocycles. The summed E-state index contributed by atoms with van der Waals surface area (Å²) in [4.78, 5) is 1.19. The van der Waals surface area contributed by atoms with Gasteiger partial charge in [0.1, 0.15) is 6.04 Å². The molecule has 0 radical (unpaired) electrons. The predicted octanol–water partition coefficient (Wildman–Crippen LogP) is 1.95. The number of nitrogens with zero attached hydrogens (tertiary/aromatic N) is 1. The molecule has 0 heterocycles. The molecule has 16 heavy (non-hydrogen) atoms. The molecule has 0 fully saturated rings. The van der Waals surface area contributed by atoms with E-state index in [2.05, 4.69) is 11.4 Å². The van der Waals surface area contributed by atoms with Gasteiger partial charge >= 0.3 is 0 Å². The van der Waals surface area contributed by atoms with E-state index in [1.165, 1.54) is 4.90 Å². The van der Waals surface area contributed by atoms with Gasteiger partial charge in [0.15, 0.2) is 0 Å². The van der Waals surface area contributed by atoms with Crippen LogP contribution in [0.1, 0.15) is 18.0 Å². The van der Waals surface area contributed by atoms with E-state index < -0.39 is 0 Å². The Hall–Kier alpha value is -1.02. The van der Waals surface area contributed by atoms with Crippen molar-refractivity contribution in [1.82, 2.24) is 5.32 Å². The van der Waals surface area contributed by atoms with Gasteiger partial charge in [0.2, 0.25) is 0 Å². The average Bonchev–Trinajstić information content (AvgIpc) is 2.35. The molecule has 1 rings (SSSR count). The normalized spacial score (nSPS) is 12.1. The lowest BCUT2D eigenvalue weighted by Crippen LogP contribution is -2.21. The maximum atomic E-state index is 9.03. The first-order valence-corrected chi connectivity index (χ1v) is 6.42. The molecule has 0 bridgehead atoms. The molecule has 86 valence electrons. The van der Waals surface area contributed by atoms with Crippen LogP contribution in [0.25, 0.3) is 0 Å². The Kier molecular flexibility index (Phi) is 5.94. The number of nitriles is 1. The first-order valence-electron chi connectivity index (χ1n) is 5.19. The van der Waals surface area contributed by atoms with E-state index in [1.54, 1.807) is 11.8 Å². The topological polar surface area (TPSA) is 56.0 Å². The highest BCUT2D eigenvalue weighted by Crippen LogP contribution is 2.18. The van der Waals surface area contributed by atoms with Gasteiger partial charge in [-0.3, -0.25) is 5.32 Å². The summed E-state index contributed by atoms with van der Waals surface area (Å²) in [6.45, 7) is 0.801. The molecule has 0 saturated heterocycles. The highest BCUT2D eigenvalue weighted by Gasteiger charge is 2.08. The van der Waals surface area contributed by atoms with Crippen LogP contribution in [-0.4, -0.2) is 24.5 Å². The van der Waals surface area contributed by atoms with Gasteiger partial charge in [-0.2, -0.15) is 5.26 Å². The van der Waals surface area contributed by atoms with E-state index in [-0.39, 0.29) is 12.6 Å². The first-order chi connectivity index (χ1) is 7.81. The Labute approximate surface area is 100 Å². The number of hydrogen-bond acceptors (Lipinski definition) is 4. The number of rotatable bonds is 6. The summed E-state index contributed by atoms with van der Waals surface area (Å²) in [5.74, 6) is 0. The van der Waals surface area contributed by atoms with Crippen molar-refractivity contribution in [1.29, 1.82) is 5.26 Å².